The molecule has 0 N–H and O–H groups in total. The fraction of sp³-hybridized carbons (Fsp3) is 0.967. The summed E-state index contributed by atoms with van der Waals surface area (Å²) in [7, 11) is 0. The van der Waals surface area contributed by atoms with Crippen molar-refractivity contribution in [1.29, 1.82) is 0 Å². The Kier molecular flexibility index (Phi) is 4.31. The van der Waals surface area contributed by atoms with Crippen LogP contribution in [0.5, 0.6) is 0 Å². The van der Waals surface area contributed by atoms with E-state index in [4.69, 9.17) is 4.74 Å². The fourth-order valence-electron chi connectivity index (χ4n) is 11.8. The molecule has 0 aromatic rings. The van der Waals surface area contributed by atoms with Crippen LogP contribution < -0.4 is 0 Å². The molecule has 2 nitrogen and oxygen atoms in total. The van der Waals surface area contributed by atoms with Gasteiger partial charge in [-0.25, -0.2) is 0 Å². The van der Waals surface area contributed by atoms with E-state index < -0.39 is 0 Å². The van der Waals surface area contributed by atoms with Gasteiger partial charge in [-0.15, -0.1) is 0 Å². The van der Waals surface area contributed by atoms with Crippen molar-refractivity contribution in [3.63, 3.8) is 0 Å². The van der Waals surface area contributed by atoms with Crippen molar-refractivity contribution in [1.82, 2.24) is 0 Å². The predicted octanol–water partition coefficient (Wildman–Crippen LogP) is 7.45. The molecule has 1 aliphatic heterocycles. The molecule has 6 aliphatic rings. The summed E-state index contributed by atoms with van der Waals surface area (Å²) in [6, 6.07) is 0. The zero-order valence-corrected chi connectivity index (χ0v) is 22.0. The second kappa shape index (κ2) is 6.24. The third-order valence-corrected chi connectivity index (χ3v) is 13.9. The van der Waals surface area contributed by atoms with Gasteiger partial charge in [0.25, 0.3) is 0 Å². The lowest BCUT2D eigenvalue weighted by atomic mass is 9.31. The number of rotatable bonds is 0. The van der Waals surface area contributed by atoms with Crippen molar-refractivity contribution >= 4 is 5.78 Å². The third kappa shape index (κ3) is 2.35. The van der Waals surface area contributed by atoms with Gasteiger partial charge in [0.15, 0.2) is 0 Å². The van der Waals surface area contributed by atoms with Crippen molar-refractivity contribution in [2.24, 2.45) is 56.2 Å². The van der Waals surface area contributed by atoms with E-state index in [-0.39, 0.29) is 5.41 Å². The maximum Gasteiger partial charge on any atom is 0.138 e. The lowest BCUT2D eigenvalue weighted by molar-refractivity contribution is -0.239. The van der Waals surface area contributed by atoms with E-state index in [1.165, 1.54) is 51.4 Å². The minimum atomic E-state index is -0.136. The Morgan fingerprint density at radius 1 is 0.750 bits per heavy atom. The molecule has 6 rings (SSSR count). The summed E-state index contributed by atoms with van der Waals surface area (Å²) in [5, 5.41) is 0. The molecular formula is C30H48O2. The van der Waals surface area contributed by atoms with Crippen LogP contribution in [-0.2, 0) is 9.53 Å². The van der Waals surface area contributed by atoms with Crippen molar-refractivity contribution in [3.8, 4) is 0 Å². The molecule has 5 saturated carbocycles. The quantitative estimate of drug-likeness (QED) is 0.391. The molecule has 32 heavy (non-hydrogen) atoms. The first-order valence-corrected chi connectivity index (χ1v) is 14.0. The lowest BCUT2D eigenvalue weighted by Crippen LogP contribution is -2.67. The molecule has 2 bridgehead atoms. The van der Waals surface area contributed by atoms with Crippen LogP contribution >= 0.6 is 0 Å². The minimum Gasteiger partial charge on any atom is -0.377 e. The lowest BCUT2D eigenvalue weighted by Gasteiger charge is -2.72. The topological polar surface area (TPSA) is 26.3 Å². The summed E-state index contributed by atoms with van der Waals surface area (Å²) in [4.78, 5) is 12.9. The molecular weight excluding hydrogens is 392 g/mol. The van der Waals surface area contributed by atoms with Crippen molar-refractivity contribution < 1.29 is 9.53 Å². The van der Waals surface area contributed by atoms with Gasteiger partial charge in [0.05, 0.1) is 12.7 Å². The maximum absolute atomic E-state index is 12.9. The second-order valence-electron chi connectivity index (χ2n) is 15.4. The first-order chi connectivity index (χ1) is 14.8. The predicted molar refractivity (Wildman–Crippen MR) is 129 cm³/mol. The van der Waals surface area contributed by atoms with E-state index in [0.717, 1.165) is 37.2 Å². The maximum atomic E-state index is 12.9. The molecule has 9 atom stereocenters. The average Bonchev–Trinajstić information content (AvgIpc) is 3.05. The van der Waals surface area contributed by atoms with Gasteiger partial charge in [0.2, 0.25) is 0 Å². The zero-order valence-electron chi connectivity index (χ0n) is 22.0. The number of ether oxygens (including phenoxy) is 1. The molecule has 1 saturated heterocycles. The molecule has 0 amide bonds. The van der Waals surface area contributed by atoms with Gasteiger partial charge in [0.1, 0.15) is 5.78 Å². The number of ketones is 1. The standard InChI is InChI=1S/C30H48O2/c1-25(2)14-16-30-17-15-28(6)19(23(30)24(25)32-18-30)8-9-21-27(5)12-11-22(31)26(3,4)20(27)10-13-29(21,28)7/h19-21,23-24H,8-18H2,1-7H3/t19-,20-,21+,23-,24+,27+,28-,29-,30-/m1/s1. The monoisotopic (exact) mass is 440 g/mol. The van der Waals surface area contributed by atoms with E-state index in [9.17, 15) is 4.79 Å². The number of carbonyl (C=O) groups excluding carboxylic acids is 1. The summed E-state index contributed by atoms with van der Waals surface area (Å²) in [5.41, 5.74) is 1.83. The molecule has 0 aromatic carbocycles. The van der Waals surface area contributed by atoms with Crippen LogP contribution in [0.1, 0.15) is 113 Å². The summed E-state index contributed by atoms with van der Waals surface area (Å²) in [6.07, 6.45) is 13.3. The van der Waals surface area contributed by atoms with Crippen LogP contribution in [0.15, 0.2) is 0 Å². The van der Waals surface area contributed by atoms with Crippen LogP contribution in [-0.4, -0.2) is 18.5 Å². The molecule has 0 spiro atoms. The van der Waals surface area contributed by atoms with Crippen molar-refractivity contribution in [2.75, 3.05) is 6.61 Å². The second-order valence-corrected chi connectivity index (χ2v) is 15.4. The first-order valence-electron chi connectivity index (χ1n) is 14.0. The SMILES string of the molecule is CC1(C)CC[C@]23CC[C@]4(C)[C@H](CC[C@H]5[C@@]6(C)CCC(=O)C(C)(C)[C@H]6CC[C@]54C)[C@@H]2[C@@H]1OC3. The highest BCUT2D eigenvalue weighted by Gasteiger charge is 2.72. The van der Waals surface area contributed by atoms with E-state index in [1.54, 1.807) is 0 Å². The smallest absolute Gasteiger partial charge is 0.138 e. The van der Waals surface area contributed by atoms with E-state index >= 15 is 0 Å². The van der Waals surface area contributed by atoms with Gasteiger partial charge in [-0.2, -0.15) is 0 Å². The zero-order chi connectivity index (χ0) is 22.9. The number of hydrogen-bond donors (Lipinski definition) is 0. The molecule has 0 radical (unpaired) electrons. The summed E-state index contributed by atoms with van der Waals surface area (Å²) >= 11 is 0. The van der Waals surface area contributed by atoms with Crippen LogP contribution in [0.4, 0.5) is 0 Å². The Morgan fingerprint density at radius 3 is 2.22 bits per heavy atom. The van der Waals surface area contributed by atoms with E-state index in [2.05, 4.69) is 48.5 Å². The highest BCUT2D eigenvalue weighted by molar-refractivity contribution is 5.85. The van der Waals surface area contributed by atoms with Crippen LogP contribution in [0.3, 0.4) is 0 Å². The van der Waals surface area contributed by atoms with Gasteiger partial charge in [-0.05, 0) is 109 Å². The summed E-state index contributed by atoms with van der Waals surface area (Å²) in [6.45, 7) is 18.6. The molecule has 2 heteroatoms. The van der Waals surface area contributed by atoms with Crippen LogP contribution in [0.25, 0.3) is 0 Å². The Bertz CT molecular complexity index is 842. The molecule has 0 unspecified atom stereocenters. The molecule has 1 heterocycles. The first kappa shape index (κ1) is 22.1. The Balaban J connectivity index is 1.40. The number of hydrogen-bond acceptors (Lipinski definition) is 2. The highest BCUT2D eigenvalue weighted by atomic mass is 16.5. The molecule has 6 fully saturated rings. The normalized spacial score (nSPS) is 57.7. The van der Waals surface area contributed by atoms with Gasteiger partial charge in [-0.1, -0.05) is 48.5 Å². The Labute approximate surface area is 197 Å². The molecule has 0 aromatic heterocycles. The molecule has 180 valence electrons. The van der Waals surface area contributed by atoms with E-state index in [0.29, 0.717) is 44.9 Å². The van der Waals surface area contributed by atoms with Gasteiger partial charge >= 0.3 is 0 Å². The summed E-state index contributed by atoms with van der Waals surface area (Å²) < 4.78 is 6.70. The highest BCUT2D eigenvalue weighted by Crippen LogP contribution is 2.77. The van der Waals surface area contributed by atoms with Crippen LogP contribution in [0, 0.1) is 56.2 Å². The number of Topliss-reactive ketones (excluding diaryl/α,β-unsaturated/α-hetero) is 1. The minimum absolute atomic E-state index is 0.136. The van der Waals surface area contributed by atoms with Crippen molar-refractivity contribution in [2.45, 2.75) is 119 Å². The third-order valence-electron chi connectivity index (χ3n) is 13.9. The van der Waals surface area contributed by atoms with Gasteiger partial charge in [-0.3, -0.25) is 4.79 Å². The fourth-order valence-corrected chi connectivity index (χ4v) is 11.8. The van der Waals surface area contributed by atoms with Gasteiger partial charge < -0.3 is 4.74 Å². The number of carbonyl (C=O) groups is 1. The van der Waals surface area contributed by atoms with E-state index in [1.807, 2.05) is 0 Å². The molecule has 5 aliphatic carbocycles. The largest absolute Gasteiger partial charge is 0.377 e. The van der Waals surface area contributed by atoms with Crippen molar-refractivity contribution in [3.05, 3.63) is 0 Å². The van der Waals surface area contributed by atoms with Crippen LogP contribution in [0.2, 0.25) is 0 Å². The Morgan fingerprint density at radius 2 is 1.47 bits per heavy atom. The van der Waals surface area contributed by atoms with Gasteiger partial charge in [0, 0.05) is 11.8 Å². The Hall–Kier alpha value is -0.370. The average molecular weight is 441 g/mol. The summed E-state index contributed by atoms with van der Waals surface area (Å²) in [5.74, 6) is 3.46. The number of fused-ring (bicyclic) bond motifs is 5.